The molecule has 0 aliphatic carbocycles. The number of rotatable bonds is 2. The van der Waals surface area contributed by atoms with Gasteiger partial charge in [0, 0.05) is 0 Å². The molecule has 0 spiro atoms. The number of aliphatic hydroxyl groups is 1. The number of benzene rings is 1. The van der Waals surface area contributed by atoms with Gasteiger partial charge in [0.15, 0.2) is 0 Å². The average molecular weight is 174 g/mol. The van der Waals surface area contributed by atoms with Gasteiger partial charge in [0.2, 0.25) is 0 Å². The quantitative estimate of drug-likeness (QED) is 0.717. The molecule has 12 heavy (non-hydrogen) atoms. The molecule has 2 N–H and O–H groups in total. The fourth-order valence-corrected chi connectivity index (χ4v) is 0.877. The molecule has 0 aliphatic heterocycles. The number of hydrogen-bond donors (Lipinski definition) is 2. The molecule has 0 heterocycles. The van der Waals surface area contributed by atoms with Crippen LogP contribution in [0.2, 0.25) is 0 Å². The molecule has 0 radical (unpaired) electrons. The molecule has 66 valence electrons. The minimum Gasteiger partial charge on any atom is -0.507 e. The molecule has 1 rings (SSSR count). The van der Waals surface area contributed by atoms with Crippen molar-refractivity contribution < 1.29 is 19.0 Å². The molecule has 4 heteroatoms. The lowest BCUT2D eigenvalue weighted by atomic mass is 10.1. The molecule has 2 nitrogen and oxygen atoms in total. The molecule has 0 atom stereocenters. The third-order valence-electron chi connectivity index (χ3n) is 1.51. The molecule has 0 aliphatic rings. The number of aliphatic hydroxyl groups excluding tert-OH is 1. The van der Waals surface area contributed by atoms with E-state index in [1.165, 1.54) is 6.07 Å². The van der Waals surface area contributed by atoms with E-state index in [-0.39, 0.29) is 6.61 Å². The lowest BCUT2D eigenvalue weighted by molar-refractivity contribution is 0.147. The van der Waals surface area contributed by atoms with Gasteiger partial charge in [-0.25, -0.2) is 8.78 Å². The van der Waals surface area contributed by atoms with Crippen molar-refractivity contribution in [3.05, 3.63) is 29.3 Å². The standard InChI is InChI=1S/C8H8F2O2/c9-8(10)6-3-5(4-11)1-2-7(6)12/h1-3,8,11-12H,4H2. The summed E-state index contributed by atoms with van der Waals surface area (Å²) in [6.45, 7) is -0.306. The van der Waals surface area contributed by atoms with Crippen molar-refractivity contribution in [1.82, 2.24) is 0 Å². The van der Waals surface area contributed by atoms with Gasteiger partial charge in [-0.05, 0) is 17.7 Å². The van der Waals surface area contributed by atoms with Gasteiger partial charge < -0.3 is 10.2 Å². The predicted molar refractivity (Wildman–Crippen MR) is 39.0 cm³/mol. The molecular weight excluding hydrogens is 166 g/mol. The van der Waals surface area contributed by atoms with Crippen LogP contribution in [-0.4, -0.2) is 10.2 Å². The largest absolute Gasteiger partial charge is 0.507 e. The minimum atomic E-state index is -2.71. The molecule has 0 fully saturated rings. The molecule has 0 saturated heterocycles. The van der Waals surface area contributed by atoms with E-state index in [2.05, 4.69) is 0 Å². The van der Waals surface area contributed by atoms with Crippen LogP contribution in [0.25, 0.3) is 0 Å². The van der Waals surface area contributed by atoms with E-state index in [1.807, 2.05) is 0 Å². The molecule has 1 aromatic carbocycles. The van der Waals surface area contributed by atoms with E-state index in [0.29, 0.717) is 5.56 Å². The Bertz CT molecular complexity index is 274. The van der Waals surface area contributed by atoms with Crippen molar-refractivity contribution >= 4 is 0 Å². The van der Waals surface area contributed by atoms with E-state index in [9.17, 15) is 8.78 Å². The molecule has 0 aromatic heterocycles. The van der Waals surface area contributed by atoms with E-state index >= 15 is 0 Å². The maximum absolute atomic E-state index is 12.1. The monoisotopic (exact) mass is 174 g/mol. The minimum absolute atomic E-state index is 0.306. The highest BCUT2D eigenvalue weighted by Crippen LogP contribution is 2.28. The van der Waals surface area contributed by atoms with Crippen molar-refractivity contribution in [2.75, 3.05) is 0 Å². The Balaban J connectivity index is 3.08. The maximum Gasteiger partial charge on any atom is 0.267 e. The van der Waals surface area contributed by atoms with Crippen LogP contribution >= 0.6 is 0 Å². The predicted octanol–water partition coefficient (Wildman–Crippen LogP) is 1.82. The first-order chi connectivity index (χ1) is 5.65. The lowest BCUT2D eigenvalue weighted by Crippen LogP contribution is -1.89. The summed E-state index contributed by atoms with van der Waals surface area (Å²) in [5.41, 5.74) is -0.0790. The SMILES string of the molecule is OCc1ccc(O)c(C(F)F)c1. The summed E-state index contributed by atoms with van der Waals surface area (Å²) >= 11 is 0. The van der Waals surface area contributed by atoms with Crippen molar-refractivity contribution in [3.8, 4) is 5.75 Å². The van der Waals surface area contributed by atoms with Gasteiger partial charge in [0.25, 0.3) is 6.43 Å². The van der Waals surface area contributed by atoms with Crippen molar-refractivity contribution in [1.29, 1.82) is 0 Å². The zero-order valence-corrected chi connectivity index (χ0v) is 6.17. The van der Waals surface area contributed by atoms with Crippen LogP contribution in [0, 0.1) is 0 Å². The second kappa shape index (κ2) is 3.49. The van der Waals surface area contributed by atoms with Crippen LogP contribution in [0.3, 0.4) is 0 Å². The number of halogens is 2. The summed E-state index contributed by atoms with van der Waals surface area (Å²) in [6, 6.07) is 3.62. The first-order valence-electron chi connectivity index (χ1n) is 3.36. The Kier molecular flexibility index (Phi) is 2.60. The first-order valence-corrected chi connectivity index (χ1v) is 3.36. The van der Waals surface area contributed by atoms with Gasteiger partial charge in [-0.15, -0.1) is 0 Å². The van der Waals surface area contributed by atoms with Crippen LogP contribution in [0.5, 0.6) is 5.75 Å². The summed E-state index contributed by atoms with van der Waals surface area (Å²) in [5.74, 6) is -0.442. The van der Waals surface area contributed by atoms with Gasteiger partial charge in [0.1, 0.15) is 5.75 Å². The maximum atomic E-state index is 12.1. The average Bonchev–Trinajstić information content (AvgIpc) is 2.05. The van der Waals surface area contributed by atoms with Gasteiger partial charge in [-0.2, -0.15) is 0 Å². The summed E-state index contributed by atoms with van der Waals surface area (Å²) in [5, 5.41) is 17.5. The molecule has 0 saturated carbocycles. The van der Waals surface area contributed by atoms with Gasteiger partial charge >= 0.3 is 0 Å². The smallest absolute Gasteiger partial charge is 0.267 e. The van der Waals surface area contributed by atoms with E-state index in [1.54, 1.807) is 0 Å². The van der Waals surface area contributed by atoms with Crippen LogP contribution in [0.15, 0.2) is 18.2 Å². The Morgan fingerprint density at radius 1 is 1.33 bits per heavy atom. The van der Waals surface area contributed by atoms with Gasteiger partial charge in [-0.3, -0.25) is 0 Å². The molecule has 0 bridgehead atoms. The summed E-state index contributed by atoms with van der Waals surface area (Å²) < 4.78 is 24.2. The first kappa shape index (κ1) is 8.93. The molecular formula is C8H8F2O2. The van der Waals surface area contributed by atoms with Crippen LogP contribution in [-0.2, 0) is 6.61 Å². The summed E-state index contributed by atoms with van der Waals surface area (Å²) in [4.78, 5) is 0. The lowest BCUT2D eigenvalue weighted by Gasteiger charge is -2.04. The number of phenols is 1. The second-order valence-corrected chi connectivity index (χ2v) is 2.35. The second-order valence-electron chi connectivity index (χ2n) is 2.35. The van der Waals surface area contributed by atoms with Crippen molar-refractivity contribution in [2.24, 2.45) is 0 Å². The van der Waals surface area contributed by atoms with E-state index < -0.39 is 17.7 Å². The Morgan fingerprint density at radius 2 is 2.00 bits per heavy atom. The van der Waals surface area contributed by atoms with Crippen LogP contribution < -0.4 is 0 Å². The molecule has 1 aromatic rings. The van der Waals surface area contributed by atoms with Gasteiger partial charge in [-0.1, -0.05) is 6.07 Å². The van der Waals surface area contributed by atoms with Crippen molar-refractivity contribution in [2.45, 2.75) is 13.0 Å². The summed E-state index contributed by atoms with van der Waals surface area (Å²) in [6.07, 6.45) is -2.71. The topological polar surface area (TPSA) is 40.5 Å². The van der Waals surface area contributed by atoms with Gasteiger partial charge in [0.05, 0.1) is 12.2 Å². The third-order valence-corrected chi connectivity index (χ3v) is 1.51. The summed E-state index contributed by atoms with van der Waals surface area (Å²) in [7, 11) is 0. The zero-order valence-electron chi connectivity index (χ0n) is 6.17. The number of aromatic hydroxyl groups is 1. The Hall–Kier alpha value is -1.16. The highest BCUT2D eigenvalue weighted by molar-refractivity contribution is 5.36. The van der Waals surface area contributed by atoms with E-state index in [4.69, 9.17) is 10.2 Å². The van der Waals surface area contributed by atoms with E-state index in [0.717, 1.165) is 12.1 Å². The number of alkyl halides is 2. The normalized spacial score (nSPS) is 10.7. The Labute approximate surface area is 68.1 Å². The van der Waals surface area contributed by atoms with Crippen LogP contribution in [0.1, 0.15) is 17.6 Å². The zero-order chi connectivity index (χ0) is 9.14. The fraction of sp³-hybridized carbons (Fsp3) is 0.250. The third kappa shape index (κ3) is 1.71. The Morgan fingerprint density at radius 3 is 2.50 bits per heavy atom. The molecule has 0 unspecified atom stereocenters. The fourth-order valence-electron chi connectivity index (χ4n) is 0.877. The van der Waals surface area contributed by atoms with Crippen LogP contribution in [0.4, 0.5) is 8.78 Å². The molecule has 0 amide bonds. The number of hydrogen-bond acceptors (Lipinski definition) is 2. The van der Waals surface area contributed by atoms with Crippen molar-refractivity contribution in [3.63, 3.8) is 0 Å². The highest BCUT2D eigenvalue weighted by Gasteiger charge is 2.12. The number of phenolic OH excluding ortho intramolecular Hbond substituents is 1. The highest BCUT2D eigenvalue weighted by atomic mass is 19.3.